The topological polar surface area (TPSA) is 46.2 Å². The molecule has 0 spiro atoms. The van der Waals surface area contributed by atoms with Crippen molar-refractivity contribution >= 4 is 10.0 Å². The maximum Gasteiger partial charge on any atom is 0.213 e. The predicted octanol–water partition coefficient (Wildman–Crippen LogP) is 0.970. The molecule has 0 aromatic heterocycles. The van der Waals surface area contributed by atoms with E-state index in [-0.39, 0.29) is 5.25 Å². The molecule has 0 aliphatic carbocycles. The first-order chi connectivity index (χ1) is 4.90. The van der Waals surface area contributed by atoms with Crippen molar-refractivity contribution in [1.29, 1.82) is 0 Å². The van der Waals surface area contributed by atoms with Gasteiger partial charge in [-0.25, -0.2) is 13.1 Å². The second-order valence-electron chi connectivity index (χ2n) is 3.19. The van der Waals surface area contributed by atoms with Gasteiger partial charge in [-0.2, -0.15) is 0 Å². The summed E-state index contributed by atoms with van der Waals surface area (Å²) in [6.07, 6.45) is 0.711. The van der Waals surface area contributed by atoms with Crippen molar-refractivity contribution < 1.29 is 8.42 Å². The van der Waals surface area contributed by atoms with E-state index in [1.165, 1.54) is 7.05 Å². The first-order valence-electron chi connectivity index (χ1n) is 3.82. The van der Waals surface area contributed by atoms with Gasteiger partial charge in [-0.05, 0) is 26.3 Å². The summed E-state index contributed by atoms with van der Waals surface area (Å²) in [6.45, 7) is 5.76. The van der Waals surface area contributed by atoms with Crippen LogP contribution in [0.4, 0.5) is 0 Å². The lowest BCUT2D eigenvalue weighted by Gasteiger charge is -2.13. The highest BCUT2D eigenvalue weighted by atomic mass is 32.2. The Morgan fingerprint density at radius 2 is 1.73 bits per heavy atom. The lowest BCUT2D eigenvalue weighted by Crippen LogP contribution is -2.30. The fourth-order valence-electron chi connectivity index (χ4n) is 0.992. The van der Waals surface area contributed by atoms with Gasteiger partial charge in [0.05, 0.1) is 5.25 Å². The van der Waals surface area contributed by atoms with E-state index in [4.69, 9.17) is 0 Å². The van der Waals surface area contributed by atoms with Gasteiger partial charge < -0.3 is 0 Å². The van der Waals surface area contributed by atoms with Crippen LogP contribution in [-0.4, -0.2) is 20.7 Å². The molecule has 3 nitrogen and oxygen atoms in total. The summed E-state index contributed by atoms with van der Waals surface area (Å²) in [7, 11) is -1.59. The van der Waals surface area contributed by atoms with Gasteiger partial charge in [-0.15, -0.1) is 0 Å². The molecule has 0 saturated heterocycles. The van der Waals surface area contributed by atoms with Crippen LogP contribution in [0, 0.1) is 5.92 Å². The van der Waals surface area contributed by atoms with Crippen LogP contribution in [0.1, 0.15) is 27.2 Å². The third-order valence-electron chi connectivity index (χ3n) is 1.62. The second-order valence-corrected chi connectivity index (χ2v) is 5.49. The fourth-order valence-corrected chi connectivity index (χ4v) is 2.03. The summed E-state index contributed by atoms with van der Waals surface area (Å²) in [4.78, 5) is 0. The predicted molar refractivity (Wildman–Crippen MR) is 46.9 cm³/mol. The van der Waals surface area contributed by atoms with Gasteiger partial charge in [0.1, 0.15) is 0 Å². The van der Waals surface area contributed by atoms with Gasteiger partial charge in [-0.3, -0.25) is 0 Å². The van der Waals surface area contributed by atoms with E-state index in [2.05, 4.69) is 4.72 Å². The number of hydrogen-bond acceptors (Lipinski definition) is 2. The lowest BCUT2D eigenvalue weighted by atomic mass is 10.1. The van der Waals surface area contributed by atoms with Crippen molar-refractivity contribution in [3.05, 3.63) is 0 Å². The number of hydrogen-bond donors (Lipinski definition) is 1. The molecule has 1 unspecified atom stereocenters. The average Bonchev–Trinajstić information content (AvgIpc) is 1.86. The Balaban J connectivity index is 4.14. The van der Waals surface area contributed by atoms with Gasteiger partial charge in [-0.1, -0.05) is 13.8 Å². The van der Waals surface area contributed by atoms with Crippen molar-refractivity contribution in [2.45, 2.75) is 32.4 Å². The summed E-state index contributed by atoms with van der Waals surface area (Å²) in [6, 6.07) is 0. The van der Waals surface area contributed by atoms with Gasteiger partial charge in [0.25, 0.3) is 0 Å². The highest BCUT2D eigenvalue weighted by Gasteiger charge is 2.18. The van der Waals surface area contributed by atoms with E-state index < -0.39 is 10.0 Å². The van der Waals surface area contributed by atoms with Crippen molar-refractivity contribution in [2.75, 3.05) is 7.05 Å². The first kappa shape index (κ1) is 10.9. The molecule has 11 heavy (non-hydrogen) atoms. The molecule has 0 heterocycles. The zero-order valence-electron chi connectivity index (χ0n) is 7.59. The third kappa shape index (κ3) is 3.72. The summed E-state index contributed by atoms with van der Waals surface area (Å²) in [5.41, 5.74) is 0. The minimum Gasteiger partial charge on any atom is -0.218 e. The van der Waals surface area contributed by atoms with Crippen molar-refractivity contribution in [2.24, 2.45) is 5.92 Å². The van der Waals surface area contributed by atoms with Crippen molar-refractivity contribution in [3.8, 4) is 0 Å². The van der Waals surface area contributed by atoms with Crippen LogP contribution in [0.2, 0.25) is 0 Å². The highest BCUT2D eigenvalue weighted by molar-refractivity contribution is 7.90. The maximum atomic E-state index is 11.1. The molecule has 0 fully saturated rings. The largest absolute Gasteiger partial charge is 0.218 e. The fraction of sp³-hybridized carbons (Fsp3) is 1.00. The zero-order chi connectivity index (χ0) is 9.07. The minimum atomic E-state index is -3.04. The lowest BCUT2D eigenvalue weighted by molar-refractivity contribution is 0.531. The molecule has 0 aromatic carbocycles. The van der Waals surface area contributed by atoms with Crippen LogP contribution >= 0.6 is 0 Å². The van der Waals surface area contributed by atoms with E-state index in [1.807, 2.05) is 13.8 Å². The Hall–Kier alpha value is -0.0900. The summed E-state index contributed by atoms with van der Waals surface area (Å²) < 4.78 is 24.6. The molecule has 68 valence electrons. The standard InChI is InChI=1S/C7H17NO2S/c1-6(2)5-7(3)11(9,10)8-4/h6-8H,5H2,1-4H3. The molecular formula is C7H17NO2S. The molecule has 0 aromatic rings. The average molecular weight is 179 g/mol. The van der Waals surface area contributed by atoms with Gasteiger partial charge in [0, 0.05) is 0 Å². The normalized spacial score (nSPS) is 15.4. The SMILES string of the molecule is CNS(=O)(=O)C(C)CC(C)C. The molecule has 0 rings (SSSR count). The minimum absolute atomic E-state index is 0.285. The second kappa shape index (κ2) is 4.07. The number of sulfonamides is 1. The zero-order valence-corrected chi connectivity index (χ0v) is 8.40. The Labute approximate surface area is 69.2 Å². The van der Waals surface area contributed by atoms with E-state index in [0.29, 0.717) is 12.3 Å². The molecule has 0 aliphatic rings. The molecule has 0 aliphatic heterocycles. The summed E-state index contributed by atoms with van der Waals surface area (Å²) in [5, 5.41) is -0.285. The third-order valence-corrected chi connectivity index (χ3v) is 3.44. The quantitative estimate of drug-likeness (QED) is 0.699. The Bertz CT molecular complexity index is 196. The van der Waals surface area contributed by atoms with Crippen LogP contribution in [0.5, 0.6) is 0 Å². The maximum absolute atomic E-state index is 11.1. The van der Waals surface area contributed by atoms with Crippen molar-refractivity contribution in [3.63, 3.8) is 0 Å². The Morgan fingerprint density at radius 1 is 1.27 bits per heavy atom. The molecule has 0 amide bonds. The van der Waals surface area contributed by atoms with Crippen LogP contribution < -0.4 is 4.72 Å². The molecule has 0 saturated carbocycles. The molecule has 0 radical (unpaired) electrons. The summed E-state index contributed by atoms with van der Waals surface area (Å²) in [5.74, 6) is 0.424. The van der Waals surface area contributed by atoms with Crippen LogP contribution in [0.25, 0.3) is 0 Å². The molecular weight excluding hydrogens is 162 g/mol. The Morgan fingerprint density at radius 3 is 2.00 bits per heavy atom. The van der Waals surface area contributed by atoms with Gasteiger partial charge in [0.15, 0.2) is 0 Å². The summed E-state index contributed by atoms with van der Waals surface area (Å²) >= 11 is 0. The smallest absolute Gasteiger partial charge is 0.213 e. The van der Waals surface area contributed by atoms with Crippen LogP contribution in [0.15, 0.2) is 0 Å². The Kier molecular flexibility index (Phi) is 4.03. The van der Waals surface area contributed by atoms with E-state index in [1.54, 1.807) is 6.92 Å². The van der Waals surface area contributed by atoms with Crippen LogP contribution in [0.3, 0.4) is 0 Å². The molecule has 1 N–H and O–H groups in total. The van der Waals surface area contributed by atoms with Gasteiger partial charge >= 0.3 is 0 Å². The van der Waals surface area contributed by atoms with Crippen molar-refractivity contribution in [1.82, 2.24) is 4.72 Å². The highest BCUT2D eigenvalue weighted by Crippen LogP contribution is 2.10. The first-order valence-corrected chi connectivity index (χ1v) is 5.37. The van der Waals surface area contributed by atoms with Crippen LogP contribution in [-0.2, 0) is 10.0 Å². The van der Waals surface area contributed by atoms with E-state index >= 15 is 0 Å². The molecule has 4 heteroatoms. The number of nitrogens with one attached hydrogen (secondary N) is 1. The number of rotatable bonds is 4. The monoisotopic (exact) mass is 179 g/mol. The van der Waals surface area contributed by atoms with E-state index in [0.717, 1.165) is 0 Å². The molecule has 1 atom stereocenters. The molecule has 0 bridgehead atoms. The van der Waals surface area contributed by atoms with E-state index in [9.17, 15) is 8.42 Å². The van der Waals surface area contributed by atoms with Gasteiger partial charge in [0.2, 0.25) is 10.0 Å².